The first-order valence-electron chi connectivity index (χ1n) is 4.22. The Bertz CT molecular complexity index is 484. The van der Waals surface area contributed by atoms with Crippen LogP contribution in [0.5, 0.6) is 0 Å². The third kappa shape index (κ3) is 1.93. The van der Waals surface area contributed by atoms with E-state index >= 15 is 0 Å². The fraction of sp³-hybridized carbons (Fsp3) is 0.100. The molecular weight excluding hydrogens is 265 g/mol. The molecule has 0 saturated carbocycles. The van der Waals surface area contributed by atoms with Gasteiger partial charge in [0, 0.05) is 15.6 Å². The molecule has 2 rings (SSSR count). The molecular formula is C10H7BrFNO2. The first-order valence-corrected chi connectivity index (χ1v) is 5.01. The maximum Gasteiger partial charge on any atom is 0.129 e. The van der Waals surface area contributed by atoms with Gasteiger partial charge in [-0.05, 0) is 34.1 Å². The maximum atomic E-state index is 12.8. The average molecular weight is 272 g/mol. The van der Waals surface area contributed by atoms with Crippen molar-refractivity contribution >= 4 is 15.9 Å². The van der Waals surface area contributed by atoms with Gasteiger partial charge in [-0.1, -0.05) is 5.16 Å². The van der Waals surface area contributed by atoms with Gasteiger partial charge in [0.1, 0.15) is 17.8 Å². The van der Waals surface area contributed by atoms with E-state index < -0.39 is 0 Å². The fourth-order valence-corrected chi connectivity index (χ4v) is 1.81. The van der Waals surface area contributed by atoms with Crippen molar-refractivity contribution in [3.05, 3.63) is 40.3 Å². The summed E-state index contributed by atoms with van der Waals surface area (Å²) in [7, 11) is 0. The predicted octanol–water partition coefficient (Wildman–Crippen LogP) is 2.74. The quantitative estimate of drug-likeness (QED) is 0.914. The lowest BCUT2D eigenvalue weighted by molar-refractivity contribution is 0.280. The molecule has 1 N–H and O–H groups in total. The summed E-state index contributed by atoms with van der Waals surface area (Å²) in [6.45, 7) is -0.164. The van der Waals surface area contributed by atoms with Crippen LogP contribution in [0.25, 0.3) is 11.3 Å². The molecule has 0 unspecified atom stereocenters. The highest BCUT2D eigenvalue weighted by molar-refractivity contribution is 9.10. The molecule has 0 aliphatic rings. The Kier molecular flexibility index (Phi) is 2.83. The van der Waals surface area contributed by atoms with Gasteiger partial charge in [0.2, 0.25) is 0 Å². The maximum absolute atomic E-state index is 12.8. The highest BCUT2D eigenvalue weighted by Gasteiger charge is 2.12. The molecule has 2 aromatic rings. The Morgan fingerprint density at radius 3 is 2.93 bits per heavy atom. The first kappa shape index (κ1) is 10.3. The molecule has 0 amide bonds. The SMILES string of the molecule is OCc1conc1-c1ccc(F)cc1Br. The number of benzene rings is 1. The number of aromatic nitrogens is 1. The van der Waals surface area contributed by atoms with E-state index in [1.165, 1.54) is 18.4 Å². The molecule has 15 heavy (non-hydrogen) atoms. The number of aliphatic hydroxyl groups excluding tert-OH is 1. The van der Waals surface area contributed by atoms with Gasteiger partial charge < -0.3 is 9.63 Å². The Morgan fingerprint density at radius 2 is 2.27 bits per heavy atom. The summed E-state index contributed by atoms with van der Waals surface area (Å²) in [6, 6.07) is 4.25. The summed E-state index contributed by atoms with van der Waals surface area (Å²) in [4.78, 5) is 0. The van der Waals surface area contributed by atoms with E-state index in [1.807, 2.05) is 0 Å². The number of halogens is 2. The van der Waals surface area contributed by atoms with Gasteiger partial charge in [0.15, 0.2) is 0 Å². The molecule has 0 aliphatic carbocycles. The lowest BCUT2D eigenvalue weighted by Crippen LogP contribution is -1.88. The molecule has 0 aliphatic heterocycles. The molecule has 1 aromatic heterocycles. The zero-order valence-electron chi connectivity index (χ0n) is 7.58. The summed E-state index contributed by atoms with van der Waals surface area (Å²) in [6.07, 6.45) is 1.37. The molecule has 5 heteroatoms. The van der Waals surface area contributed by atoms with E-state index in [9.17, 15) is 4.39 Å². The molecule has 1 aromatic carbocycles. The van der Waals surface area contributed by atoms with Gasteiger partial charge in [-0.25, -0.2) is 4.39 Å². The molecule has 0 radical (unpaired) electrons. The van der Waals surface area contributed by atoms with Crippen LogP contribution < -0.4 is 0 Å². The number of hydrogen-bond acceptors (Lipinski definition) is 3. The topological polar surface area (TPSA) is 46.3 Å². The number of aliphatic hydroxyl groups is 1. The summed E-state index contributed by atoms with van der Waals surface area (Å²) >= 11 is 3.23. The number of nitrogens with zero attached hydrogens (tertiary/aromatic N) is 1. The van der Waals surface area contributed by atoms with Crippen molar-refractivity contribution in [2.75, 3.05) is 0 Å². The van der Waals surface area contributed by atoms with Crippen molar-refractivity contribution in [2.45, 2.75) is 6.61 Å². The van der Waals surface area contributed by atoms with Crippen LogP contribution in [-0.4, -0.2) is 10.3 Å². The summed E-state index contributed by atoms with van der Waals surface area (Å²) in [5, 5.41) is 12.8. The van der Waals surface area contributed by atoms with E-state index in [4.69, 9.17) is 9.63 Å². The molecule has 0 bridgehead atoms. The van der Waals surface area contributed by atoms with E-state index in [0.717, 1.165) is 0 Å². The Balaban J connectivity index is 2.54. The van der Waals surface area contributed by atoms with Crippen LogP contribution in [0, 0.1) is 5.82 Å². The summed E-state index contributed by atoms with van der Waals surface area (Å²) < 4.78 is 18.2. The lowest BCUT2D eigenvalue weighted by Gasteiger charge is -2.01. The highest BCUT2D eigenvalue weighted by atomic mass is 79.9. The third-order valence-corrected chi connectivity index (χ3v) is 2.66. The molecule has 78 valence electrons. The van der Waals surface area contributed by atoms with Crippen molar-refractivity contribution in [3.8, 4) is 11.3 Å². The standard InChI is InChI=1S/C10H7BrFNO2/c11-9-3-7(12)1-2-8(9)10-6(4-14)5-15-13-10/h1-3,5,14H,4H2. The first-order chi connectivity index (χ1) is 7.22. The van der Waals surface area contributed by atoms with Crippen LogP contribution >= 0.6 is 15.9 Å². The van der Waals surface area contributed by atoms with Crippen LogP contribution in [0.1, 0.15) is 5.56 Å². The summed E-state index contributed by atoms with van der Waals surface area (Å²) in [5.41, 5.74) is 1.78. The lowest BCUT2D eigenvalue weighted by atomic mass is 10.1. The van der Waals surface area contributed by atoms with Gasteiger partial charge in [-0.2, -0.15) is 0 Å². The van der Waals surface area contributed by atoms with Crippen molar-refractivity contribution in [1.29, 1.82) is 0 Å². The van der Waals surface area contributed by atoms with Crippen LogP contribution in [0.3, 0.4) is 0 Å². The van der Waals surface area contributed by atoms with E-state index in [1.54, 1.807) is 6.07 Å². The highest BCUT2D eigenvalue weighted by Crippen LogP contribution is 2.30. The van der Waals surface area contributed by atoms with Gasteiger partial charge in [0.25, 0.3) is 0 Å². The van der Waals surface area contributed by atoms with Gasteiger partial charge in [-0.15, -0.1) is 0 Å². The average Bonchev–Trinajstić information content (AvgIpc) is 2.65. The van der Waals surface area contributed by atoms with Crippen LogP contribution in [0.2, 0.25) is 0 Å². The summed E-state index contributed by atoms with van der Waals surface area (Å²) in [5.74, 6) is -0.334. The van der Waals surface area contributed by atoms with E-state index in [-0.39, 0.29) is 12.4 Å². The predicted molar refractivity (Wildman–Crippen MR) is 55.5 cm³/mol. The molecule has 3 nitrogen and oxygen atoms in total. The fourth-order valence-electron chi connectivity index (χ4n) is 1.27. The second kappa shape index (κ2) is 4.12. The van der Waals surface area contributed by atoms with Gasteiger partial charge in [0.05, 0.1) is 6.61 Å². The van der Waals surface area contributed by atoms with Gasteiger partial charge >= 0.3 is 0 Å². The van der Waals surface area contributed by atoms with Crippen molar-refractivity contribution in [3.63, 3.8) is 0 Å². The molecule has 0 spiro atoms. The smallest absolute Gasteiger partial charge is 0.129 e. The molecule has 0 fully saturated rings. The number of hydrogen-bond donors (Lipinski definition) is 1. The zero-order chi connectivity index (χ0) is 10.8. The minimum absolute atomic E-state index is 0.164. The van der Waals surface area contributed by atoms with Crippen molar-refractivity contribution in [1.82, 2.24) is 5.16 Å². The second-order valence-electron chi connectivity index (χ2n) is 2.97. The monoisotopic (exact) mass is 271 g/mol. The third-order valence-electron chi connectivity index (χ3n) is 2.00. The minimum Gasteiger partial charge on any atom is -0.391 e. The van der Waals surface area contributed by atoms with Crippen LogP contribution in [0.15, 0.2) is 33.5 Å². The second-order valence-corrected chi connectivity index (χ2v) is 3.83. The van der Waals surface area contributed by atoms with E-state index in [2.05, 4.69) is 21.1 Å². The van der Waals surface area contributed by atoms with Crippen LogP contribution in [0.4, 0.5) is 4.39 Å². The Labute approximate surface area is 93.6 Å². The zero-order valence-corrected chi connectivity index (χ0v) is 9.16. The Morgan fingerprint density at radius 1 is 1.47 bits per heavy atom. The largest absolute Gasteiger partial charge is 0.391 e. The molecule has 0 atom stereocenters. The Hall–Kier alpha value is -1.20. The molecule has 1 heterocycles. The van der Waals surface area contributed by atoms with Gasteiger partial charge in [-0.3, -0.25) is 0 Å². The number of rotatable bonds is 2. The van der Waals surface area contributed by atoms with Crippen molar-refractivity contribution < 1.29 is 14.0 Å². The van der Waals surface area contributed by atoms with Crippen molar-refractivity contribution in [2.24, 2.45) is 0 Å². The molecule has 0 saturated heterocycles. The van der Waals surface area contributed by atoms with Crippen LogP contribution in [-0.2, 0) is 6.61 Å². The normalized spacial score (nSPS) is 10.6. The van der Waals surface area contributed by atoms with E-state index in [0.29, 0.717) is 21.3 Å². The minimum atomic E-state index is -0.334.